The minimum absolute atomic E-state index is 0.169. The van der Waals surface area contributed by atoms with Gasteiger partial charge in [-0.2, -0.15) is 0 Å². The molecular formula is C16H17N5O3S. The second-order valence-electron chi connectivity index (χ2n) is 5.33. The molecule has 0 saturated heterocycles. The lowest BCUT2D eigenvalue weighted by Crippen LogP contribution is -2.14. The van der Waals surface area contributed by atoms with Gasteiger partial charge < -0.3 is 14.6 Å². The Kier molecular flexibility index (Phi) is 5.34. The van der Waals surface area contributed by atoms with Crippen LogP contribution in [0.2, 0.25) is 0 Å². The van der Waals surface area contributed by atoms with E-state index in [1.54, 1.807) is 13.0 Å². The van der Waals surface area contributed by atoms with Crippen LogP contribution >= 0.6 is 11.8 Å². The number of aromatic nitrogens is 4. The number of carbonyl (C=O) groups is 1. The van der Waals surface area contributed by atoms with Crippen molar-refractivity contribution < 1.29 is 14.1 Å². The number of anilines is 1. The zero-order valence-electron chi connectivity index (χ0n) is 13.8. The van der Waals surface area contributed by atoms with Crippen LogP contribution in [0.25, 0.3) is 0 Å². The minimum Gasteiger partial charge on any atom is -0.486 e. The maximum Gasteiger partial charge on any atom is 0.236 e. The van der Waals surface area contributed by atoms with Crippen LogP contribution in [0, 0.1) is 13.8 Å². The summed E-state index contributed by atoms with van der Waals surface area (Å²) in [5.74, 6) is 2.34. The Morgan fingerprint density at radius 2 is 2.12 bits per heavy atom. The summed E-state index contributed by atoms with van der Waals surface area (Å²) in [6, 6.07) is 9.41. The first-order valence-electron chi connectivity index (χ1n) is 7.55. The van der Waals surface area contributed by atoms with E-state index < -0.39 is 0 Å². The molecule has 8 nitrogen and oxygen atoms in total. The number of benzene rings is 1. The lowest BCUT2D eigenvalue weighted by atomic mass is 10.2. The molecule has 0 aliphatic carbocycles. The highest BCUT2D eigenvalue weighted by molar-refractivity contribution is 7.99. The molecule has 2 N–H and O–H groups in total. The van der Waals surface area contributed by atoms with Gasteiger partial charge in [0.2, 0.25) is 11.1 Å². The van der Waals surface area contributed by atoms with Crippen molar-refractivity contribution in [1.82, 2.24) is 20.3 Å². The summed E-state index contributed by atoms with van der Waals surface area (Å²) in [7, 11) is 0. The Morgan fingerprint density at radius 3 is 2.84 bits per heavy atom. The van der Waals surface area contributed by atoms with Crippen LogP contribution < -0.4 is 10.1 Å². The van der Waals surface area contributed by atoms with Gasteiger partial charge in [-0.15, -0.1) is 5.10 Å². The molecule has 0 radical (unpaired) electrons. The third-order valence-corrected chi connectivity index (χ3v) is 3.98. The van der Waals surface area contributed by atoms with Crippen molar-refractivity contribution in [3.05, 3.63) is 47.5 Å². The summed E-state index contributed by atoms with van der Waals surface area (Å²) in [6.45, 7) is 4.05. The van der Waals surface area contributed by atoms with Crippen molar-refractivity contribution in [3.8, 4) is 5.75 Å². The van der Waals surface area contributed by atoms with E-state index >= 15 is 0 Å². The van der Waals surface area contributed by atoms with Crippen LogP contribution in [-0.4, -0.2) is 32.0 Å². The van der Waals surface area contributed by atoms with Crippen molar-refractivity contribution in [3.63, 3.8) is 0 Å². The minimum atomic E-state index is -0.208. The van der Waals surface area contributed by atoms with Gasteiger partial charge in [-0.3, -0.25) is 9.89 Å². The van der Waals surface area contributed by atoms with Crippen molar-refractivity contribution in [2.45, 2.75) is 25.6 Å². The lowest BCUT2D eigenvalue weighted by molar-refractivity contribution is -0.113. The van der Waals surface area contributed by atoms with Gasteiger partial charge in [0.1, 0.15) is 18.1 Å². The summed E-state index contributed by atoms with van der Waals surface area (Å²) in [4.78, 5) is 16.1. The molecule has 0 unspecified atom stereocenters. The predicted molar refractivity (Wildman–Crippen MR) is 92.5 cm³/mol. The Hall–Kier alpha value is -2.81. The third kappa shape index (κ3) is 5.08. The van der Waals surface area contributed by atoms with Gasteiger partial charge in [0.25, 0.3) is 0 Å². The first-order chi connectivity index (χ1) is 12.1. The first kappa shape index (κ1) is 17.0. The van der Waals surface area contributed by atoms with E-state index in [-0.39, 0.29) is 18.3 Å². The molecule has 0 aliphatic rings. The molecule has 0 bridgehead atoms. The monoisotopic (exact) mass is 359 g/mol. The number of rotatable bonds is 7. The van der Waals surface area contributed by atoms with Gasteiger partial charge >= 0.3 is 0 Å². The van der Waals surface area contributed by atoms with Crippen LogP contribution in [0.5, 0.6) is 5.75 Å². The molecule has 1 amide bonds. The number of nitrogens with one attached hydrogen (secondary N) is 2. The molecule has 2 aromatic heterocycles. The number of carbonyl (C=O) groups excluding carboxylic acids is 1. The van der Waals surface area contributed by atoms with Crippen molar-refractivity contribution in [2.24, 2.45) is 0 Å². The molecule has 0 fully saturated rings. The number of nitrogens with zero attached hydrogens (tertiary/aromatic N) is 3. The highest BCUT2D eigenvalue weighted by Crippen LogP contribution is 2.16. The molecule has 3 aromatic rings. The zero-order chi connectivity index (χ0) is 17.6. The number of aromatic amines is 1. The summed E-state index contributed by atoms with van der Waals surface area (Å²) in [6.07, 6.45) is 0. The molecule has 0 saturated carbocycles. The van der Waals surface area contributed by atoms with Crippen LogP contribution in [0.1, 0.15) is 17.1 Å². The van der Waals surface area contributed by atoms with E-state index in [1.165, 1.54) is 17.3 Å². The number of ether oxygens (including phenoxy) is 1. The SMILES string of the molecule is Cc1ccc(OCc2nc(SCC(=O)Nc3cc(C)on3)n[nH]2)cc1. The second-order valence-corrected chi connectivity index (χ2v) is 6.27. The summed E-state index contributed by atoms with van der Waals surface area (Å²) in [5.41, 5.74) is 1.17. The van der Waals surface area contributed by atoms with Gasteiger partial charge in [0.05, 0.1) is 5.75 Å². The number of hydrogen-bond donors (Lipinski definition) is 2. The molecule has 0 spiro atoms. The number of thioether (sulfide) groups is 1. The van der Waals surface area contributed by atoms with Gasteiger partial charge in [0, 0.05) is 6.07 Å². The lowest BCUT2D eigenvalue weighted by Gasteiger charge is -2.03. The molecule has 0 aliphatic heterocycles. The van der Waals surface area contributed by atoms with E-state index in [2.05, 4.69) is 25.7 Å². The average molecular weight is 359 g/mol. The highest BCUT2D eigenvalue weighted by Gasteiger charge is 2.10. The van der Waals surface area contributed by atoms with E-state index in [4.69, 9.17) is 9.26 Å². The zero-order valence-corrected chi connectivity index (χ0v) is 14.6. The number of H-pyrrole nitrogens is 1. The van der Waals surface area contributed by atoms with Gasteiger partial charge in [0.15, 0.2) is 11.6 Å². The molecule has 2 heterocycles. The molecule has 25 heavy (non-hydrogen) atoms. The van der Waals surface area contributed by atoms with E-state index in [0.29, 0.717) is 22.6 Å². The summed E-state index contributed by atoms with van der Waals surface area (Å²) < 4.78 is 10.5. The Bertz CT molecular complexity index is 844. The number of hydrogen-bond acceptors (Lipinski definition) is 7. The highest BCUT2D eigenvalue weighted by atomic mass is 32.2. The second kappa shape index (κ2) is 7.84. The third-order valence-electron chi connectivity index (χ3n) is 3.14. The fourth-order valence-corrected chi connectivity index (χ4v) is 2.54. The normalized spacial score (nSPS) is 10.6. The van der Waals surface area contributed by atoms with Crippen molar-refractivity contribution >= 4 is 23.5 Å². The maximum atomic E-state index is 11.8. The average Bonchev–Trinajstić information content (AvgIpc) is 3.21. The Labute approximate surface area is 148 Å². The van der Waals surface area contributed by atoms with Crippen LogP contribution in [-0.2, 0) is 11.4 Å². The molecule has 130 valence electrons. The van der Waals surface area contributed by atoms with Crippen LogP contribution in [0.15, 0.2) is 40.0 Å². The van der Waals surface area contributed by atoms with E-state index in [0.717, 1.165) is 5.75 Å². The topological polar surface area (TPSA) is 106 Å². The fourth-order valence-electron chi connectivity index (χ4n) is 1.93. The van der Waals surface area contributed by atoms with Gasteiger partial charge in [-0.05, 0) is 26.0 Å². The molecule has 0 atom stereocenters. The number of amides is 1. The van der Waals surface area contributed by atoms with E-state index in [1.807, 2.05) is 31.2 Å². The summed E-state index contributed by atoms with van der Waals surface area (Å²) in [5, 5.41) is 13.7. The molecule has 3 rings (SSSR count). The Morgan fingerprint density at radius 1 is 1.32 bits per heavy atom. The van der Waals surface area contributed by atoms with Gasteiger partial charge in [-0.25, -0.2) is 4.98 Å². The maximum absolute atomic E-state index is 11.8. The Balaban J connectivity index is 1.44. The summed E-state index contributed by atoms with van der Waals surface area (Å²) >= 11 is 1.22. The van der Waals surface area contributed by atoms with Crippen molar-refractivity contribution in [2.75, 3.05) is 11.1 Å². The van der Waals surface area contributed by atoms with E-state index in [9.17, 15) is 4.79 Å². The molecule has 9 heteroatoms. The molecule has 1 aromatic carbocycles. The predicted octanol–water partition coefficient (Wildman–Crippen LogP) is 2.72. The largest absolute Gasteiger partial charge is 0.486 e. The first-order valence-corrected chi connectivity index (χ1v) is 8.54. The smallest absolute Gasteiger partial charge is 0.236 e. The van der Waals surface area contributed by atoms with Crippen LogP contribution in [0.4, 0.5) is 5.82 Å². The molecular weight excluding hydrogens is 342 g/mol. The fraction of sp³-hybridized carbons (Fsp3) is 0.250. The number of aryl methyl sites for hydroxylation is 2. The quantitative estimate of drug-likeness (QED) is 0.625. The van der Waals surface area contributed by atoms with Crippen LogP contribution in [0.3, 0.4) is 0 Å². The van der Waals surface area contributed by atoms with Gasteiger partial charge in [-0.1, -0.05) is 34.6 Å². The standard InChI is InChI=1S/C16H17N5O3S/c1-10-3-5-12(6-4-10)23-8-14-18-16(20-19-14)25-9-15(22)17-13-7-11(2)24-21-13/h3-7H,8-9H2,1-2H3,(H,17,21,22)(H,18,19,20). The van der Waals surface area contributed by atoms with Crippen molar-refractivity contribution in [1.29, 1.82) is 0 Å².